The van der Waals surface area contributed by atoms with Gasteiger partial charge >= 0.3 is 5.97 Å². The summed E-state index contributed by atoms with van der Waals surface area (Å²) < 4.78 is 1.43. The van der Waals surface area contributed by atoms with Crippen molar-refractivity contribution in [3.8, 4) is 5.75 Å². The Morgan fingerprint density at radius 1 is 1.45 bits per heavy atom. The third kappa shape index (κ3) is 3.39. The number of carbonyl (C=O) groups is 1. The largest absolute Gasteiger partial charge is 0.503 e. The summed E-state index contributed by atoms with van der Waals surface area (Å²) in [4.78, 5) is 24.7. The summed E-state index contributed by atoms with van der Waals surface area (Å²) in [5.74, 6) is -1.41. The minimum Gasteiger partial charge on any atom is -0.503 e. The van der Waals surface area contributed by atoms with Crippen molar-refractivity contribution in [2.24, 2.45) is 0 Å². The molecule has 1 aliphatic heterocycles. The van der Waals surface area contributed by atoms with Crippen molar-refractivity contribution < 1.29 is 15.0 Å². The van der Waals surface area contributed by atoms with E-state index in [0.29, 0.717) is 18.3 Å². The number of nitrogens with zero attached hydrogens (tertiary/aromatic N) is 2. The summed E-state index contributed by atoms with van der Waals surface area (Å²) in [5.41, 5.74) is 0.162. The molecule has 2 rings (SSSR count). The summed E-state index contributed by atoms with van der Waals surface area (Å²) >= 11 is 0. The lowest BCUT2D eigenvalue weighted by atomic mass is 10.0. The third-order valence-electron chi connectivity index (χ3n) is 3.81. The second-order valence-electron chi connectivity index (χ2n) is 5.35. The van der Waals surface area contributed by atoms with Gasteiger partial charge in [-0.05, 0) is 26.3 Å². The SMILES string of the molecule is CC1CCCCN1Cc1cc(=O)c(O)cn1CC(=O)O. The van der Waals surface area contributed by atoms with E-state index in [4.69, 9.17) is 5.11 Å². The summed E-state index contributed by atoms with van der Waals surface area (Å²) in [6, 6.07) is 1.76. The molecule has 110 valence electrons. The molecular weight excluding hydrogens is 260 g/mol. The van der Waals surface area contributed by atoms with Crippen LogP contribution in [0.25, 0.3) is 0 Å². The number of rotatable bonds is 4. The Morgan fingerprint density at radius 3 is 2.85 bits per heavy atom. The van der Waals surface area contributed by atoms with E-state index in [0.717, 1.165) is 19.4 Å². The fraction of sp³-hybridized carbons (Fsp3) is 0.571. The second-order valence-corrected chi connectivity index (χ2v) is 5.35. The number of hydrogen-bond acceptors (Lipinski definition) is 4. The number of carboxylic acids is 1. The maximum atomic E-state index is 11.6. The molecule has 1 atom stereocenters. The smallest absolute Gasteiger partial charge is 0.323 e. The molecular formula is C14H20N2O4. The lowest BCUT2D eigenvalue weighted by molar-refractivity contribution is -0.137. The number of piperidine rings is 1. The van der Waals surface area contributed by atoms with Crippen molar-refractivity contribution in [1.29, 1.82) is 0 Å². The van der Waals surface area contributed by atoms with Crippen LogP contribution in [-0.2, 0) is 17.9 Å². The van der Waals surface area contributed by atoms with Crippen molar-refractivity contribution in [2.75, 3.05) is 6.54 Å². The lowest BCUT2D eigenvalue weighted by Crippen LogP contribution is -2.38. The van der Waals surface area contributed by atoms with Gasteiger partial charge in [-0.3, -0.25) is 14.5 Å². The topological polar surface area (TPSA) is 82.8 Å². The predicted octanol–water partition coefficient (Wildman–Crippen LogP) is 1.01. The molecule has 1 aromatic rings. The lowest BCUT2D eigenvalue weighted by Gasteiger charge is -2.33. The molecule has 1 aliphatic rings. The number of aromatic nitrogens is 1. The standard InChI is InChI=1S/C14H20N2O4/c1-10-4-2-3-5-15(10)7-11-6-12(17)13(18)8-16(11)9-14(19)20/h6,8,10,18H,2-5,7,9H2,1H3,(H,19,20). The van der Waals surface area contributed by atoms with E-state index in [1.165, 1.54) is 23.3 Å². The van der Waals surface area contributed by atoms with Crippen LogP contribution >= 0.6 is 0 Å². The van der Waals surface area contributed by atoms with Crippen molar-refractivity contribution in [1.82, 2.24) is 9.47 Å². The van der Waals surface area contributed by atoms with E-state index in [1.807, 2.05) is 0 Å². The maximum absolute atomic E-state index is 11.6. The van der Waals surface area contributed by atoms with Gasteiger partial charge in [0.05, 0.1) is 6.20 Å². The molecule has 1 saturated heterocycles. The van der Waals surface area contributed by atoms with Gasteiger partial charge in [-0.15, -0.1) is 0 Å². The minimum atomic E-state index is -0.999. The van der Waals surface area contributed by atoms with E-state index < -0.39 is 17.1 Å². The summed E-state index contributed by atoms with van der Waals surface area (Å²) in [7, 11) is 0. The van der Waals surface area contributed by atoms with Crippen LogP contribution < -0.4 is 5.43 Å². The molecule has 0 spiro atoms. The van der Waals surface area contributed by atoms with Gasteiger partial charge < -0.3 is 14.8 Å². The fourth-order valence-electron chi connectivity index (χ4n) is 2.63. The molecule has 6 heteroatoms. The Bertz CT molecular complexity index is 553. The number of aliphatic carboxylic acids is 1. The van der Waals surface area contributed by atoms with Gasteiger partial charge in [-0.2, -0.15) is 0 Å². The quantitative estimate of drug-likeness (QED) is 0.860. The Balaban J connectivity index is 2.26. The second kappa shape index (κ2) is 6.09. The third-order valence-corrected chi connectivity index (χ3v) is 3.81. The molecule has 2 heterocycles. The molecule has 6 nitrogen and oxygen atoms in total. The van der Waals surface area contributed by atoms with Gasteiger partial charge in [0.2, 0.25) is 5.43 Å². The highest BCUT2D eigenvalue weighted by atomic mass is 16.4. The van der Waals surface area contributed by atoms with Gasteiger partial charge in [0.1, 0.15) is 6.54 Å². The van der Waals surface area contributed by atoms with Crippen LogP contribution in [0.4, 0.5) is 0 Å². The zero-order valence-corrected chi connectivity index (χ0v) is 11.6. The number of likely N-dealkylation sites (tertiary alicyclic amines) is 1. The Morgan fingerprint density at radius 2 is 2.20 bits per heavy atom. The summed E-state index contributed by atoms with van der Waals surface area (Å²) in [5, 5.41) is 18.4. The first-order valence-corrected chi connectivity index (χ1v) is 6.85. The van der Waals surface area contributed by atoms with Gasteiger partial charge in [0, 0.05) is 24.3 Å². The highest BCUT2D eigenvalue weighted by Gasteiger charge is 2.20. The van der Waals surface area contributed by atoms with Crippen LogP contribution in [0, 0.1) is 0 Å². The van der Waals surface area contributed by atoms with Gasteiger partial charge in [0.15, 0.2) is 5.75 Å². The number of aromatic hydroxyl groups is 1. The average Bonchev–Trinajstić information content (AvgIpc) is 2.37. The van der Waals surface area contributed by atoms with Gasteiger partial charge in [-0.25, -0.2) is 0 Å². The molecule has 0 bridgehead atoms. The van der Waals surface area contributed by atoms with Crippen molar-refractivity contribution >= 4 is 5.97 Å². The minimum absolute atomic E-state index is 0.259. The molecule has 0 radical (unpaired) electrons. The Labute approximate surface area is 117 Å². The van der Waals surface area contributed by atoms with Crippen LogP contribution in [0.1, 0.15) is 31.9 Å². The molecule has 1 aromatic heterocycles. The first-order valence-electron chi connectivity index (χ1n) is 6.85. The van der Waals surface area contributed by atoms with Crippen molar-refractivity contribution in [2.45, 2.75) is 45.3 Å². The molecule has 1 fully saturated rings. The Kier molecular flexibility index (Phi) is 4.44. The van der Waals surface area contributed by atoms with Crippen LogP contribution in [0.15, 0.2) is 17.1 Å². The maximum Gasteiger partial charge on any atom is 0.323 e. The number of pyridine rings is 1. The Hall–Kier alpha value is -1.82. The highest BCUT2D eigenvalue weighted by molar-refractivity contribution is 5.66. The van der Waals surface area contributed by atoms with Crippen LogP contribution in [0.2, 0.25) is 0 Å². The number of carboxylic acid groups (broad SMARTS) is 1. The van der Waals surface area contributed by atoms with Crippen LogP contribution in [0.3, 0.4) is 0 Å². The molecule has 0 aliphatic carbocycles. The van der Waals surface area contributed by atoms with E-state index in [9.17, 15) is 14.7 Å². The average molecular weight is 280 g/mol. The fourth-order valence-corrected chi connectivity index (χ4v) is 2.63. The molecule has 0 amide bonds. The first kappa shape index (κ1) is 14.6. The van der Waals surface area contributed by atoms with Crippen molar-refractivity contribution in [3.63, 3.8) is 0 Å². The van der Waals surface area contributed by atoms with Gasteiger partial charge in [0.25, 0.3) is 0 Å². The summed E-state index contributed by atoms with van der Waals surface area (Å²) in [6.07, 6.45) is 4.64. The monoisotopic (exact) mass is 280 g/mol. The van der Waals surface area contributed by atoms with E-state index >= 15 is 0 Å². The molecule has 0 aromatic carbocycles. The van der Waals surface area contributed by atoms with Crippen LogP contribution in [0.5, 0.6) is 5.75 Å². The van der Waals surface area contributed by atoms with Gasteiger partial charge in [-0.1, -0.05) is 6.42 Å². The highest BCUT2D eigenvalue weighted by Crippen LogP contribution is 2.19. The van der Waals surface area contributed by atoms with E-state index in [1.54, 1.807) is 0 Å². The van der Waals surface area contributed by atoms with E-state index in [2.05, 4.69) is 11.8 Å². The molecule has 1 unspecified atom stereocenters. The van der Waals surface area contributed by atoms with Crippen molar-refractivity contribution in [3.05, 3.63) is 28.2 Å². The molecule has 0 saturated carbocycles. The normalized spacial score (nSPS) is 19.9. The first-order chi connectivity index (χ1) is 9.47. The van der Waals surface area contributed by atoms with Crippen LogP contribution in [-0.4, -0.2) is 38.2 Å². The molecule has 2 N–H and O–H groups in total. The zero-order chi connectivity index (χ0) is 14.7. The van der Waals surface area contributed by atoms with E-state index in [-0.39, 0.29) is 6.54 Å². The number of hydrogen-bond donors (Lipinski definition) is 2. The molecule has 20 heavy (non-hydrogen) atoms. The predicted molar refractivity (Wildman–Crippen MR) is 73.7 cm³/mol. The zero-order valence-electron chi connectivity index (χ0n) is 11.6. The summed E-state index contributed by atoms with van der Waals surface area (Å²) in [6.45, 7) is 3.36.